The predicted molar refractivity (Wildman–Crippen MR) is 86.7 cm³/mol. The van der Waals surface area contributed by atoms with E-state index in [4.69, 9.17) is 16.3 Å². The first-order valence-corrected chi connectivity index (χ1v) is 8.57. The minimum Gasteiger partial charge on any atom is -0.373 e. The van der Waals surface area contributed by atoms with Gasteiger partial charge in [-0.3, -0.25) is 4.68 Å². The van der Waals surface area contributed by atoms with Gasteiger partial charge in [-0.1, -0.05) is 37.8 Å². The molecule has 1 atom stereocenters. The number of aryl methyl sites for hydroxylation is 1. The summed E-state index contributed by atoms with van der Waals surface area (Å²) in [5.41, 5.74) is 0.903. The van der Waals surface area contributed by atoms with E-state index < -0.39 is 0 Å². The van der Waals surface area contributed by atoms with E-state index in [2.05, 4.69) is 24.3 Å². The largest absolute Gasteiger partial charge is 0.373 e. The maximum absolute atomic E-state index is 6.42. The van der Waals surface area contributed by atoms with E-state index >= 15 is 0 Å². The number of halogens is 1. The Balaban J connectivity index is 2.36. The molecule has 1 aromatic heterocycles. The van der Waals surface area contributed by atoms with Gasteiger partial charge in [0.2, 0.25) is 0 Å². The Morgan fingerprint density at radius 1 is 1.38 bits per heavy atom. The molecule has 1 aliphatic carbocycles. The molecule has 1 unspecified atom stereocenters. The smallest absolute Gasteiger partial charge is 0.0891 e. The van der Waals surface area contributed by atoms with Gasteiger partial charge >= 0.3 is 0 Å². The van der Waals surface area contributed by atoms with Crippen molar-refractivity contribution in [3.8, 4) is 0 Å². The van der Waals surface area contributed by atoms with Crippen molar-refractivity contribution in [1.29, 1.82) is 0 Å². The average molecular weight is 314 g/mol. The van der Waals surface area contributed by atoms with E-state index in [1.54, 1.807) is 6.20 Å². The van der Waals surface area contributed by atoms with Crippen molar-refractivity contribution in [3.05, 3.63) is 16.9 Å². The van der Waals surface area contributed by atoms with Crippen LogP contribution in [0.15, 0.2) is 6.20 Å². The van der Waals surface area contributed by atoms with Crippen LogP contribution in [0.2, 0.25) is 5.02 Å². The van der Waals surface area contributed by atoms with Crippen LogP contribution in [0.1, 0.15) is 64.1 Å². The van der Waals surface area contributed by atoms with Crippen molar-refractivity contribution in [1.82, 2.24) is 15.1 Å². The molecule has 0 amide bonds. The van der Waals surface area contributed by atoms with E-state index in [0.717, 1.165) is 43.1 Å². The SMILES string of the molecule is CCCNC(c1c(Cl)cnn1C)C1(OCC)CCCCC1. The van der Waals surface area contributed by atoms with Crippen molar-refractivity contribution in [2.45, 2.75) is 64.0 Å². The number of hydrogen-bond donors (Lipinski definition) is 1. The van der Waals surface area contributed by atoms with Gasteiger partial charge in [-0.25, -0.2) is 0 Å². The lowest BCUT2D eigenvalue weighted by atomic mass is 9.77. The number of ether oxygens (including phenoxy) is 1. The maximum atomic E-state index is 6.42. The Kier molecular flexibility index (Phi) is 6.08. The molecular weight excluding hydrogens is 286 g/mol. The average Bonchev–Trinajstić information content (AvgIpc) is 2.81. The van der Waals surface area contributed by atoms with Crippen LogP contribution >= 0.6 is 11.6 Å². The molecule has 0 spiro atoms. The van der Waals surface area contributed by atoms with Crippen LogP contribution < -0.4 is 5.32 Å². The summed E-state index contributed by atoms with van der Waals surface area (Å²) in [5, 5.41) is 8.73. The van der Waals surface area contributed by atoms with Gasteiger partial charge in [-0.2, -0.15) is 5.10 Å². The van der Waals surface area contributed by atoms with Crippen LogP contribution in [0.3, 0.4) is 0 Å². The zero-order chi connectivity index (χ0) is 15.3. The molecule has 120 valence electrons. The molecule has 0 aromatic carbocycles. The van der Waals surface area contributed by atoms with Gasteiger partial charge in [-0.15, -0.1) is 0 Å². The number of aromatic nitrogens is 2. The van der Waals surface area contributed by atoms with Crippen molar-refractivity contribution < 1.29 is 4.74 Å². The van der Waals surface area contributed by atoms with Gasteiger partial charge < -0.3 is 10.1 Å². The van der Waals surface area contributed by atoms with Crippen LogP contribution in [0, 0.1) is 0 Å². The molecule has 1 aromatic rings. The van der Waals surface area contributed by atoms with Gasteiger partial charge in [0, 0.05) is 13.7 Å². The summed E-state index contributed by atoms with van der Waals surface area (Å²) in [4.78, 5) is 0. The van der Waals surface area contributed by atoms with E-state index in [-0.39, 0.29) is 11.6 Å². The normalized spacial score (nSPS) is 19.6. The van der Waals surface area contributed by atoms with Gasteiger partial charge in [0.25, 0.3) is 0 Å². The van der Waals surface area contributed by atoms with E-state index in [9.17, 15) is 0 Å². The summed E-state index contributed by atoms with van der Waals surface area (Å²) in [7, 11) is 1.96. The second-order valence-corrected chi connectivity index (χ2v) is 6.35. The minimum absolute atomic E-state index is 0.109. The fourth-order valence-electron chi connectivity index (χ4n) is 3.52. The number of hydrogen-bond acceptors (Lipinski definition) is 3. The van der Waals surface area contributed by atoms with Gasteiger partial charge in [0.05, 0.1) is 28.6 Å². The van der Waals surface area contributed by atoms with Gasteiger partial charge in [0.15, 0.2) is 0 Å². The Morgan fingerprint density at radius 2 is 2.10 bits per heavy atom. The molecule has 1 aliphatic rings. The molecule has 2 rings (SSSR count). The van der Waals surface area contributed by atoms with Crippen LogP contribution in [-0.2, 0) is 11.8 Å². The highest BCUT2D eigenvalue weighted by Gasteiger charge is 2.43. The van der Waals surface area contributed by atoms with Crippen molar-refractivity contribution in [2.75, 3.05) is 13.2 Å². The molecule has 1 fully saturated rings. The Morgan fingerprint density at radius 3 is 2.62 bits per heavy atom. The lowest BCUT2D eigenvalue weighted by Crippen LogP contribution is -2.48. The van der Waals surface area contributed by atoms with Crippen molar-refractivity contribution in [3.63, 3.8) is 0 Å². The highest BCUT2D eigenvalue weighted by Crippen LogP contribution is 2.43. The summed E-state index contributed by atoms with van der Waals surface area (Å²) in [6, 6.07) is 0.109. The molecule has 21 heavy (non-hydrogen) atoms. The first-order chi connectivity index (χ1) is 10.1. The van der Waals surface area contributed by atoms with E-state index in [0.29, 0.717) is 0 Å². The molecule has 5 heteroatoms. The second-order valence-electron chi connectivity index (χ2n) is 5.95. The van der Waals surface area contributed by atoms with Crippen LogP contribution in [0.5, 0.6) is 0 Å². The molecule has 0 radical (unpaired) electrons. The zero-order valence-electron chi connectivity index (χ0n) is 13.5. The molecule has 1 heterocycles. The fourth-order valence-corrected chi connectivity index (χ4v) is 3.79. The molecular formula is C16H28ClN3O. The lowest BCUT2D eigenvalue weighted by Gasteiger charge is -2.43. The third-order valence-electron chi connectivity index (χ3n) is 4.47. The highest BCUT2D eigenvalue weighted by molar-refractivity contribution is 6.31. The summed E-state index contributed by atoms with van der Waals surface area (Å²) in [6.07, 6.45) is 8.75. The Hall–Kier alpha value is -0.580. The second kappa shape index (κ2) is 7.61. The number of rotatable bonds is 7. The summed E-state index contributed by atoms with van der Waals surface area (Å²) in [5.74, 6) is 0. The summed E-state index contributed by atoms with van der Waals surface area (Å²) < 4.78 is 8.20. The minimum atomic E-state index is -0.153. The third-order valence-corrected chi connectivity index (χ3v) is 4.76. The van der Waals surface area contributed by atoms with E-state index in [1.807, 2.05) is 11.7 Å². The lowest BCUT2D eigenvalue weighted by molar-refractivity contribution is -0.0927. The zero-order valence-corrected chi connectivity index (χ0v) is 14.2. The molecule has 1 N–H and O–H groups in total. The Bertz CT molecular complexity index is 416. The van der Waals surface area contributed by atoms with Gasteiger partial charge in [-0.05, 0) is 32.7 Å². The number of nitrogens with zero attached hydrogens (tertiary/aromatic N) is 2. The molecule has 0 saturated heterocycles. The van der Waals surface area contributed by atoms with E-state index in [1.165, 1.54) is 19.3 Å². The van der Waals surface area contributed by atoms with Crippen molar-refractivity contribution >= 4 is 11.6 Å². The summed E-state index contributed by atoms with van der Waals surface area (Å²) in [6.45, 7) is 5.96. The molecule has 1 saturated carbocycles. The first-order valence-electron chi connectivity index (χ1n) is 8.19. The fraction of sp³-hybridized carbons (Fsp3) is 0.812. The highest BCUT2D eigenvalue weighted by atomic mass is 35.5. The number of nitrogens with one attached hydrogen (secondary N) is 1. The molecule has 4 nitrogen and oxygen atoms in total. The van der Waals surface area contributed by atoms with Crippen LogP contribution in [0.4, 0.5) is 0 Å². The standard InChI is InChI=1S/C16H28ClN3O/c1-4-11-18-15(14-13(17)12-19-20(14)3)16(21-5-2)9-7-6-8-10-16/h12,15,18H,4-11H2,1-3H3. The summed E-state index contributed by atoms with van der Waals surface area (Å²) >= 11 is 6.42. The Labute approximate surface area is 133 Å². The molecule has 0 aliphatic heterocycles. The maximum Gasteiger partial charge on any atom is 0.0891 e. The first kappa shape index (κ1) is 16.8. The van der Waals surface area contributed by atoms with Crippen LogP contribution in [0.25, 0.3) is 0 Å². The predicted octanol–water partition coefficient (Wildman–Crippen LogP) is 3.85. The molecule has 0 bridgehead atoms. The monoisotopic (exact) mass is 313 g/mol. The quantitative estimate of drug-likeness (QED) is 0.831. The van der Waals surface area contributed by atoms with Gasteiger partial charge in [0.1, 0.15) is 0 Å². The topological polar surface area (TPSA) is 39.1 Å². The van der Waals surface area contributed by atoms with Crippen LogP contribution in [-0.4, -0.2) is 28.5 Å². The van der Waals surface area contributed by atoms with Crippen molar-refractivity contribution in [2.24, 2.45) is 7.05 Å². The third kappa shape index (κ3) is 3.61.